The molecule has 31 heavy (non-hydrogen) atoms. The highest BCUT2D eigenvalue weighted by atomic mass is 28.4. The highest BCUT2D eigenvalue weighted by molar-refractivity contribution is 6.73. The molecule has 0 radical (unpaired) electrons. The second kappa shape index (κ2) is 10.3. The zero-order valence-electron chi connectivity index (χ0n) is 21.2. The zero-order valence-corrected chi connectivity index (χ0v) is 22.2. The third-order valence-corrected chi connectivity index (χ3v) is 14.1. The van der Waals surface area contributed by atoms with E-state index in [-0.39, 0.29) is 24.4 Å². The van der Waals surface area contributed by atoms with E-state index in [1.165, 1.54) is 12.0 Å². The Hall–Kier alpha value is -0.263. The van der Waals surface area contributed by atoms with Gasteiger partial charge in [-0.3, -0.25) is 0 Å². The minimum Gasteiger partial charge on any atom is -0.406 e. The van der Waals surface area contributed by atoms with E-state index in [1.54, 1.807) is 13.8 Å². The fourth-order valence-corrected chi connectivity index (χ4v) is 10.0. The quantitative estimate of drug-likeness (QED) is 0.251. The number of aliphatic hydroxyl groups excluding tert-OH is 1. The van der Waals surface area contributed by atoms with Gasteiger partial charge in [0.1, 0.15) is 5.60 Å². The van der Waals surface area contributed by atoms with E-state index in [1.807, 2.05) is 6.08 Å². The average molecular weight is 459 g/mol. The van der Waals surface area contributed by atoms with Crippen LogP contribution in [0.4, 0.5) is 8.78 Å². The number of alkyl halides is 2. The zero-order chi connectivity index (χ0) is 23.5. The molecule has 5 heteroatoms. The summed E-state index contributed by atoms with van der Waals surface area (Å²) in [6.07, 6.45) is 8.13. The maximum atomic E-state index is 15.4. The van der Waals surface area contributed by atoms with Gasteiger partial charge in [0.25, 0.3) is 5.92 Å². The molecular weight excluding hydrogens is 410 g/mol. The Labute approximate surface area is 191 Å². The lowest BCUT2D eigenvalue weighted by Gasteiger charge is -2.45. The van der Waals surface area contributed by atoms with Crippen molar-refractivity contribution < 1.29 is 18.3 Å². The summed E-state index contributed by atoms with van der Waals surface area (Å²) in [5.41, 5.74) is 0.186. The van der Waals surface area contributed by atoms with Gasteiger partial charge in [0.15, 0.2) is 8.32 Å². The summed E-state index contributed by atoms with van der Waals surface area (Å²) in [6, 6.07) is 2.67. The maximum Gasteiger partial charge on any atom is 0.274 e. The third-order valence-electron chi connectivity index (χ3n) is 9.28. The number of rotatable bonds is 11. The molecule has 182 valence electrons. The van der Waals surface area contributed by atoms with Gasteiger partial charge in [-0.15, -0.1) is 0 Å². The molecule has 2 rings (SSSR count). The average Bonchev–Trinajstić information content (AvgIpc) is 3.08. The molecule has 2 aliphatic rings. The van der Waals surface area contributed by atoms with Gasteiger partial charge in [0.2, 0.25) is 0 Å². The summed E-state index contributed by atoms with van der Waals surface area (Å²) in [5.74, 6) is -1.55. The molecule has 2 saturated carbocycles. The number of fused-ring (bicyclic) bond motifs is 1. The topological polar surface area (TPSA) is 29.5 Å². The maximum absolute atomic E-state index is 15.4. The summed E-state index contributed by atoms with van der Waals surface area (Å²) in [4.78, 5) is 0. The smallest absolute Gasteiger partial charge is 0.274 e. The van der Waals surface area contributed by atoms with Crippen molar-refractivity contribution in [1.82, 2.24) is 0 Å². The Morgan fingerprint density at radius 3 is 2.35 bits per heavy atom. The lowest BCUT2D eigenvalue weighted by molar-refractivity contribution is -0.159. The monoisotopic (exact) mass is 458 g/mol. The van der Waals surface area contributed by atoms with E-state index in [0.29, 0.717) is 18.3 Å². The van der Waals surface area contributed by atoms with Crippen LogP contribution >= 0.6 is 0 Å². The van der Waals surface area contributed by atoms with Crippen molar-refractivity contribution in [2.45, 2.75) is 123 Å². The Morgan fingerprint density at radius 1 is 1.19 bits per heavy atom. The molecular formula is C26H48F2O2Si. The lowest BCUT2D eigenvalue weighted by atomic mass is 9.60. The normalized spacial score (nSPS) is 29.9. The molecule has 4 atom stereocenters. The highest BCUT2D eigenvalue weighted by Crippen LogP contribution is 2.60. The first kappa shape index (κ1) is 27.0. The van der Waals surface area contributed by atoms with Crippen LogP contribution < -0.4 is 0 Å². The first-order valence-corrected chi connectivity index (χ1v) is 15.3. The predicted octanol–water partition coefficient (Wildman–Crippen LogP) is 7.97. The summed E-state index contributed by atoms with van der Waals surface area (Å²) in [7, 11) is -2.10. The van der Waals surface area contributed by atoms with E-state index in [4.69, 9.17) is 4.43 Å². The van der Waals surface area contributed by atoms with E-state index in [9.17, 15) is 5.11 Å². The highest BCUT2D eigenvalue weighted by Gasteiger charge is 2.53. The first-order valence-electron chi connectivity index (χ1n) is 12.8. The molecule has 2 fully saturated rings. The van der Waals surface area contributed by atoms with Crippen molar-refractivity contribution in [1.29, 1.82) is 0 Å². The molecule has 0 heterocycles. The van der Waals surface area contributed by atoms with Crippen molar-refractivity contribution in [2.75, 3.05) is 6.61 Å². The predicted molar refractivity (Wildman–Crippen MR) is 129 cm³/mol. The fraction of sp³-hybridized carbons (Fsp3) is 0.923. The SMILES string of the molecule is CC[Si](CC)(CC)OC(C)(C)C(F)(F)CCC(C)C1CCC2/C(=C/CO)CCCC21C. The van der Waals surface area contributed by atoms with Gasteiger partial charge in [0.05, 0.1) is 6.61 Å². The molecule has 1 N–H and O–H groups in total. The van der Waals surface area contributed by atoms with Gasteiger partial charge in [-0.25, -0.2) is 8.78 Å². The minimum atomic E-state index is -2.83. The van der Waals surface area contributed by atoms with E-state index < -0.39 is 19.8 Å². The van der Waals surface area contributed by atoms with Gasteiger partial charge in [-0.1, -0.05) is 46.3 Å². The number of halogens is 2. The Bertz CT molecular complexity index is 606. The second-order valence-electron chi connectivity index (χ2n) is 11.1. The minimum absolute atomic E-state index is 0.0978. The van der Waals surface area contributed by atoms with E-state index >= 15 is 8.78 Å². The molecule has 0 bridgehead atoms. The molecule has 0 aliphatic heterocycles. The molecule has 0 aromatic heterocycles. The molecule has 2 aliphatic carbocycles. The number of hydrogen-bond acceptors (Lipinski definition) is 2. The molecule has 0 spiro atoms. The number of aliphatic hydroxyl groups is 1. The van der Waals surface area contributed by atoms with Gasteiger partial charge in [-0.2, -0.15) is 0 Å². The van der Waals surface area contributed by atoms with Crippen LogP contribution in [0.15, 0.2) is 11.6 Å². The van der Waals surface area contributed by atoms with E-state index in [0.717, 1.165) is 43.8 Å². The van der Waals surface area contributed by atoms with Gasteiger partial charge in [0, 0.05) is 6.42 Å². The first-order chi connectivity index (χ1) is 14.4. The van der Waals surface area contributed by atoms with Gasteiger partial charge < -0.3 is 9.53 Å². The Kier molecular flexibility index (Phi) is 9.00. The van der Waals surface area contributed by atoms with Crippen LogP contribution in [0.5, 0.6) is 0 Å². The lowest BCUT2D eigenvalue weighted by Crippen LogP contribution is -2.53. The molecule has 0 saturated heterocycles. The molecule has 2 nitrogen and oxygen atoms in total. The molecule has 4 unspecified atom stereocenters. The van der Waals surface area contributed by atoms with Crippen LogP contribution in [0.1, 0.15) is 93.4 Å². The summed E-state index contributed by atoms with van der Waals surface area (Å²) >= 11 is 0. The van der Waals surface area contributed by atoms with E-state index in [2.05, 4.69) is 34.6 Å². The fourth-order valence-electron chi connectivity index (χ4n) is 6.87. The van der Waals surface area contributed by atoms with Crippen molar-refractivity contribution in [3.05, 3.63) is 11.6 Å². The standard InChI is InChI=1S/C26H48F2O2Si/c1-8-31(9-2,10-3)30-24(5,6)26(27,28)18-15-20(4)22-13-14-23-21(16-19-29)12-11-17-25(22,23)7/h16,20,22-23,29H,8-15,17-19H2,1-7H3/b21-16+. The van der Waals surface area contributed by atoms with Crippen LogP contribution in [-0.4, -0.2) is 31.6 Å². The number of hydrogen-bond donors (Lipinski definition) is 1. The molecule has 0 aromatic rings. The summed E-state index contributed by atoms with van der Waals surface area (Å²) in [6.45, 7) is 14.2. The van der Waals surface area contributed by atoms with Crippen molar-refractivity contribution >= 4 is 8.32 Å². The van der Waals surface area contributed by atoms with Gasteiger partial charge in [-0.05, 0) is 93.7 Å². The Balaban J connectivity index is 2.07. The van der Waals surface area contributed by atoms with Crippen molar-refractivity contribution in [2.24, 2.45) is 23.2 Å². The molecule has 0 amide bonds. The summed E-state index contributed by atoms with van der Waals surface area (Å²) < 4.78 is 37.2. The third kappa shape index (κ3) is 5.46. The second-order valence-corrected chi connectivity index (χ2v) is 15.8. The van der Waals surface area contributed by atoms with Crippen LogP contribution in [0, 0.1) is 23.2 Å². The number of allylic oxidation sites excluding steroid dienone is 1. The molecule has 0 aromatic carbocycles. The van der Waals surface area contributed by atoms with Crippen LogP contribution in [0.2, 0.25) is 18.1 Å². The van der Waals surface area contributed by atoms with Crippen molar-refractivity contribution in [3.8, 4) is 0 Å². The summed E-state index contributed by atoms with van der Waals surface area (Å²) in [5, 5.41) is 9.41. The Morgan fingerprint density at radius 2 is 1.81 bits per heavy atom. The van der Waals surface area contributed by atoms with Crippen LogP contribution in [-0.2, 0) is 4.43 Å². The largest absolute Gasteiger partial charge is 0.406 e. The van der Waals surface area contributed by atoms with Crippen molar-refractivity contribution in [3.63, 3.8) is 0 Å². The van der Waals surface area contributed by atoms with Gasteiger partial charge >= 0.3 is 0 Å². The van der Waals surface area contributed by atoms with Crippen LogP contribution in [0.3, 0.4) is 0 Å². The van der Waals surface area contributed by atoms with Crippen LogP contribution in [0.25, 0.3) is 0 Å².